The van der Waals surface area contributed by atoms with Gasteiger partial charge >= 0.3 is 0 Å². The summed E-state index contributed by atoms with van der Waals surface area (Å²) in [6.07, 6.45) is 0. The van der Waals surface area contributed by atoms with Crippen molar-refractivity contribution in [2.45, 2.75) is 11.8 Å². The van der Waals surface area contributed by atoms with Gasteiger partial charge in [-0.3, -0.25) is 0 Å². The number of aromatic nitrogens is 2. The van der Waals surface area contributed by atoms with Crippen LogP contribution in [0.25, 0.3) is 0 Å². The van der Waals surface area contributed by atoms with E-state index in [0.29, 0.717) is 19.6 Å². The first-order chi connectivity index (χ1) is 8.82. The molecule has 9 heteroatoms. The van der Waals surface area contributed by atoms with E-state index in [1.807, 2.05) is 0 Å². The lowest BCUT2D eigenvalue weighted by Crippen LogP contribution is -2.26. The van der Waals surface area contributed by atoms with E-state index < -0.39 is 10.0 Å². The van der Waals surface area contributed by atoms with E-state index in [2.05, 4.69) is 26.1 Å². The normalized spacial score (nSPS) is 11.6. The van der Waals surface area contributed by atoms with Gasteiger partial charge in [0.25, 0.3) is 10.0 Å². The zero-order valence-electron chi connectivity index (χ0n) is 9.96. The number of nitrogens with zero attached hydrogens (tertiary/aromatic N) is 3. The maximum atomic E-state index is 12.5. The van der Waals surface area contributed by atoms with Crippen LogP contribution < -0.4 is 4.31 Å². The molecule has 0 saturated heterocycles. The average molecular weight is 383 g/mol. The molecule has 1 aromatic carbocycles. The Balaban J connectivity index is 2.50. The fourth-order valence-corrected chi connectivity index (χ4v) is 4.53. The van der Waals surface area contributed by atoms with Gasteiger partial charge in [0.1, 0.15) is 9.90 Å². The van der Waals surface area contributed by atoms with E-state index in [1.165, 1.54) is 24.5 Å². The summed E-state index contributed by atoms with van der Waals surface area (Å²) in [6, 6.07) is 4.60. The van der Waals surface area contributed by atoms with Gasteiger partial charge in [0.05, 0.1) is 0 Å². The molecule has 0 unspecified atom stereocenters. The summed E-state index contributed by atoms with van der Waals surface area (Å²) in [5.74, 6) is 0. The molecule has 0 radical (unpaired) electrons. The van der Waals surface area contributed by atoms with Crippen LogP contribution in [0.15, 0.2) is 27.6 Å². The van der Waals surface area contributed by atoms with Gasteiger partial charge in [-0.2, -0.15) is 0 Å². The van der Waals surface area contributed by atoms with Crippen LogP contribution in [0.1, 0.15) is 5.01 Å². The smallest absolute Gasteiger partial charge is 0.243 e. The second-order valence-corrected chi connectivity index (χ2v) is 8.04. The highest BCUT2D eigenvalue weighted by atomic mass is 79.9. The molecule has 0 aliphatic rings. The molecule has 5 nitrogen and oxygen atoms in total. The van der Waals surface area contributed by atoms with Crippen molar-refractivity contribution in [3.05, 3.63) is 32.7 Å². The summed E-state index contributed by atoms with van der Waals surface area (Å²) in [6.45, 7) is 1.76. The van der Waals surface area contributed by atoms with E-state index in [-0.39, 0.29) is 4.90 Å². The highest BCUT2D eigenvalue weighted by Crippen LogP contribution is 2.30. The Bertz CT molecular complexity index is 717. The number of sulfonamides is 1. The first-order valence-corrected chi connectivity index (χ1v) is 8.49. The van der Waals surface area contributed by atoms with E-state index in [0.717, 1.165) is 4.31 Å². The van der Waals surface area contributed by atoms with Crippen molar-refractivity contribution < 1.29 is 8.42 Å². The Morgan fingerprint density at radius 2 is 2.05 bits per heavy atom. The van der Waals surface area contributed by atoms with Crippen molar-refractivity contribution >= 4 is 54.0 Å². The predicted octanol–water partition coefficient (Wildman–Crippen LogP) is 3.09. The van der Waals surface area contributed by atoms with E-state index in [1.54, 1.807) is 19.1 Å². The monoisotopic (exact) mass is 381 g/mol. The molecule has 19 heavy (non-hydrogen) atoms. The van der Waals surface area contributed by atoms with Crippen molar-refractivity contribution in [3.8, 4) is 0 Å². The molecular weight excluding hydrogens is 374 g/mol. The van der Waals surface area contributed by atoms with Crippen LogP contribution >= 0.6 is 38.9 Å². The molecule has 0 amide bonds. The predicted molar refractivity (Wildman–Crippen MR) is 79.4 cm³/mol. The quantitative estimate of drug-likeness (QED) is 0.818. The second kappa shape index (κ2) is 5.35. The van der Waals surface area contributed by atoms with Crippen molar-refractivity contribution in [2.75, 3.05) is 11.4 Å². The Kier molecular flexibility index (Phi) is 4.14. The molecule has 2 aromatic rings. The summed E-state index contributed by atoms with van der Waals surface area (Å²) in [7, 11) is -2.29. The van der Waals surface area contributed by atoms with Crippen LogP contribution in [-0.4, -0.2) is 25.7 Å². The molecule has 0 aliphatic carbocycles. The van der Waals surface area contributed by atoms with Gasteiger partial charge in [0, 0.05) is 16.5 Å². The largest absolute Gasteiger partial charge is 0.267 e. The van der Waals surface area contributed by atoms with Crippen molar-refractivity contribution in [1.29, 1.82) is 0 Å². The Hall–Kier alpha value is -0.700. The van der Waals surface area contributed by atoms with Crippen molar-refractivity contribution in [2.24, 2.45) is 0 Å². The first kappa shape index (κ1) is 14.7. The summed E-state index contributed by atoms with van der Waals surface area (Å²) in [4.78, 5) is 0.0929. The number of halogens is 2. The van der Waals surface area contributed by atoms with Crippen molar-refractivity contribution in [1.82, 2.24) is 10.2 Å². The van der Waals surface area contributed by atoms with Crippen LogP contribution in [0.2, 0.25) is 5.02 Å². The molecule has 0 atom stereocenters. The van der Waals surface area contributed by atoms with E-state index in [9.17, 15) is 8.42 Å². The zero-order valence-corrected chi connectivity index (χ0v) is 13.9. The van der Waals surface area contributed by atoms with Crippen LogP contribution in [0, 0.1) is 6.92 Å². The number of anilines is 1. The third-order valence-corrected chi connectivity index (χ3v) is 6.32. The van der Waals surface area contributed by atoms with Gasteiger partial charge < -0.3 is 0 Å². The summed E-state index contributed by atoms with van der Waals surface area (Å²) >= 11 is 10.3. The fourth-order valence-electron chi connectivity index (χ4n) is 1.34. The summed E-state index contributed by atoms with van der Waals surface area (Å²) in [5, 5.41) is 8.99. The average Bonchev–Trinajstić information content (AvgIpc) is 2.77. The summed E-state index contributed by atoms with van der Waals surface area (Å²) < 4.78 is 26.5. The molecule has 102 valence electrons. The lowest BCUT2D eigenvalue weighted by atomic mass is 10.4. The standard InChI is InChI=1S/C10H9BrClN3O2S2/c1-6-13-14-10(18-6)15(2)19(16,17)9-5-7(12)3-4-8(9)11/h3-5H,1-2H3. The van der Waals surface area contributed by atoms with E-state index in [4.69, 9.17) is 11.6 Å². The molecule has 0 bridgehead atoms. The highest BCUT2D eigenvalue weighted by Gasteiger charge is 2.26. The Labute approximate surface area is 128 Å². The minimum absolute atomic E-state index is 0.0929. The van der Waals surface area contributed by atoms with Crippen molar-refractivity contribution in [3.63, 3.8) is 0 Å². The van der Waals surface area contributed by atoms with Gasteiger partial charge in [-0.1, -0.05) is 22.9 Å². The van der Waals surface area contributed by atoms with Crippen LogP contribution in [0.4, 0.5) is 5.13 Å². The molecule has 0 aliphatic heterocycles. The maximum absolute atomic E-state index is 12.5. The van der Waals surface area contributed by atoms with Crippen LogP contribution in [0.5, 0.6) is 0 Å². The molecule has 0 saturated carbocycles. The van der Waals surface area contributed by atoms with Gasteiger partial charge in [-0.05, 0) is 41.1 Å². The minimum Gasteiger partial charge on any atom is -0.243 e. The highest BCUT2D eigenvalue weighted by molar-refractivity contribution is 9.10. The minimum atomic E-state index is -3.72. The third kappa shape index (κ3) is 2.91. The number of hydrogen-bond donors (Lipinski definition) is 0. The topological polar surface area (TPSA) is 63.2 Å². The molecule has 1 heterocycles. The van der Waals surface area contributed by atoms with Gasteiger partial charge in [-0.15, -0.1) is 10.2 Å². The van der Waals surface area contributed by atoms with E-state index >= 15 is 0 Å². The van der Waals surface area contributed by atoms with Gasteiger partial charge in [0.15, 0.2) is 0 Å². The molecule has 0 N–H and O–H groups in total. The van der Waals surface area contributed by atoms with Gasteiger partial charge in [0.2, 0.25) is 5.13 Å². The number of aryl methyl sites for hydroxylation is 1. The maximum Gasteiger partial charge on any atom is 0.267 e. The molecule has 0 spiro atoms. The molecule has 1 aromatic heterocycles. The second-order valence-electron chi connectivity index (χ2n) is 3.65. The number of rotatable bonds is 3. The van der Waals surface area contributed by atoms with Crippen LogP contribution in [0.3, 0.4) is 0 Å². The van der Waals surface area contributed by atoms with Crippen LogP contribution in [-0.2, 0) is 10.0 Å². The fraction of sp³-hybridized carbons (Fsp3) is 0.200. The molecule has 2 rings (SSSR count). The Morgan fingerprint density at radius 3 is 2.63 bits per heavy atom. The number of hydrogen-bond acceptors (Lipinski definition) is 5. The molecule has 0 fully saturated rings. The Morgan fingerprint density at radius 1 is 1.37 bits per heavy atom. The van der Waals surface area contributed by atoms with Gasteiger partial charge in [-0.25, -0.2) is 12.7 Å². The first-order valence-electron chi connectivity index (χ1n) is 5.06. The lowest BCUT2D eigenvalue weighted by molar-refractivity contribution is 0.593. The summed E-state index contributed by atoms with van der Waals surface area (Å²) in [5.41, 5.74) is 0. The lowest BCUT2D eigenvalue weighted by Gasteiger charge is -2.16. The third-order valence-electron chi connectivity index (χ3n) is 2.32. The zero-order chi connectivity index (χ0) is 14.2. The number of benzene rings is 1. The SMILES string of the molecule is Cc1nnc(N(C)S(=O)(=O)c2cc(Cl)ccc2Br)s1. The molecular formula is C10H9BrClN3O2S2.